The predicted octanol–water partition coefficient (Wildman–Crippen LogP) is 4.04. The molecule has 0 aliphatic heterocycles. The van der Waals surface area contributed by atoms with Crippen molar-refractivity contribution < 1.29 is 4.79 Å². The molecule has 1 N–H and O–H groups in total. The van der Waals surface area contributed by atoms with Crippen molar-refractivity contribution in [1.29, 1.82) is 0 Å². The Morgan fingerprint density at radius 3 is 2.80 bits per heavy atom. The van der Waals surface area contributed by atoms with Gasteiger partial charge in [-0.2, -0.15) is 0 Å². The molecular formula is C11H13BrINO. The molecule has 0 aromatic heterocycles. The third-order valence-electron chi connectivity index (χ3n) is 1.80. The second-order valence-corrected chi connectivity index (χ2v) is 5.85. The Morgan fingerprint density at radius 1 is 1.53 bits per heavy atom. The third-order valence-corrected chi connectivity index (χ3v) is 3.23. The van der Waals surface area contributed by atoms with Crippen molar-refractivity contribution >= 4 is 50.1 Å². The first kappa shape index (κ1) is 13.0. The summed E-state index contributed by atoms with van der Waals surface area (Å²) in [5.41, 5.74) is 0.871. The molecule has 0 radical (unpaired) electrons. The van der Waals surface area contributed by atoms with Crippen molar-refractivity contribution in [3.63, 3.8) is 0 Å². The predicted molar refractivity (Wildman–Crippen MR) is 74.9 cm³/mol. The molecule has 0 atom stereocenters. The number of hydrogen-bond acceptors (Lipinski definition) is 1. The minimum Gasteiger partial charge on any atom is -0.325 e. The Morgan fingerprint density at radius 2 is 2.20 bits per heavy atom. The van der Waals surface area contributed by atoms with Crippen LogP contribution in [-0.2, 0) is 4.79 Å². The number of nitrogens with one attached hydrogen (secondary N) is 1. The second-order valence-electron chi connectivity index (χ2n) is 3.77. The fourth-order valence-corrected chi connectivity index (χ4v) is 2.00. The van der Waals surface area contributed by atoms with E-state index in [1.165, 1.54) is 0 Å². The Labute approximate surface area is 112 Å². The van der Waals surface area contributed by atoms with Crippen LogP contribution in [0.15, 0.2) is 22.7 Å². The number of rotatable bonds is 3. The van der Waals surface area contributed by atoms with Crippen LogP contribution in [-0.4, -0.2) is 5.91 Å². The van der Waals surface area contributed by atoms with Gasteiger partial charge in [0.05, 0.1) is 5.69 Å². The third kappa shape index (κ3) is 4.51. The molecule has 0 aliphatic carbocycles. The van der Waals surface area contributed by atoms with E-state index in [2.05, 4.69) is 43.8 Å². The van der Waals surface area contributed by atoms with Gasteiger partial charge in [-0.1, -0.05) is 29.8 Å². The zero-order chi connectivity index (χ0) is 11.4. The van der Waals surface area contributed by atoms with Gasteiger partial charge in [0.15, 0.2) is 0 Å². The molecule has 0 fully saturated rings. The summed E-state index contributed by atoms with van der Waals surface area (Å²) < 4.78 is 2.02. The fourth-order valence-electron chi connectivity index (χ4n) is 1.17. The van der Waals surface area contributed by atoms with Crippen molar-refractivity contribution in [2.45, 2.75) is 20.3 Å². The van der Waals surface area contributed by atoms with Crippen LogP contribution in [0.25, 0.3) is 0 Å². The van der Waals surface area contributed by atoms with E-state index in [1.807, 2.05) is 32.0 Å². The lowest BCUT2D eigenvalue weighted by Crippen LogP contribution is -2.14. The smallest absolute Gasteiger partial charge is 0.224 e. The first-order valence-corrected chi connectivity index (χ1v) is 6.61. The number of anilines is 1. The van der Waals surface area contributed by atoms with Gasteiger partial charge in [-0.25, -0.2) is 0 Å². The average Bonchev–Trinajstić information content (AvgIpc) is 2.10. The Hall–Kier alpha value is -0.100. The fraction of sp³-hybridized carbons (Fsp3) is 0.364. The molecule has 1 rings (SSSR count). The summed E-state index contributed by atoms with van der Waals surface area (Å²) in [5.74, 6) is 0.454. The van der Waals surface area contributed by atoms with Gasteiger partial charge in [-0.05, 0) is 46.7 Å². The van der Waals surface area contributed by atoms with Crippen molar-refractivity contribution in [1.82, 2.24) is 0 Å². The van der Waals surface area contributed by atoms with Gasteiger partial charge in [0.1, 0.15) is 0 Å². The Balaban J connectivity index is 2.71. The van der Waals surface area contributed by atoms with Gasteiger partial charge in [-0.3, -0.25) is 4.79 Å². The van der Waals surface area contributed by atoms with E-state index < -0.39 is 0 Å². The summed E-state index contributed by atoms with van der Waals surface area (Å²) in [6, 6.07) is 5.84. The number of carbonyl (C=O) groups excluding carboxylic acids is 1. The monoisotopic (exact) mass is 381 g/mol. The lowest BCUT2D eigenvalue weighted by Gasteiger charge is -2.09. The Kier molecular flexibility index (Phi) is 5.05. The highest BCUT2D eigenvalue weighted by atomic mass is 127. The summed E-state index contributed by atoms with van der Waals surface area (Å²) in [5, 5.41) is 2.91. The van der Waals surface area contributed by atoms with Crippen molar-refractivity contribution in [3.8, 4) is 0 Å². The number of halogens is 2. The van der Waals surface area contributed by atoms with Gasteiger partial charge in [0, 0.05) is 14.5 Å². The molecule has 1 aromatic rings. The second kappa shape index (κ2) is 5.84. The molecule has 1 amide bonds. The van der Waals surface area contributed by atoms with E-state index >= 15 is 0 Å². The maximum atomic E-state index is 11.6. The van der Waals surface area contributed by atoms with Crippen molar-refractivity contribution in [2.75, 3.05) is 5.32 Å². The minimum atomic E-state index is 0.0704. The van der Waals surface area contributed by atoms with Gasteiger partial charge < -0.3 is 5.32 Å². The van der Waals surface area contributed by atoms with Gasteiger partial charge in [0.25, 0.3) is 0 Å². The number of amides is 1. The summed E-state index contributed by atoms with van der Waals surface area (Å²) in [6.45, 7) is 4.07. The van der Waals surface area contributed by atoms with Crippen LogP contribution in [0.5, 0.6) is 0 Å². The minimum absolute atomic E-state index is 0.0704. The first-order chi connectivity index (χ1) is 6.99. The summed E-state index contributed by atoms with van der Waals surface area (Å²) >= 11 is 5.59. The van der Waals surface area contributed by atoms with Crippen LogP contribution in [0.1, 0.15) is 20.3 Å². The van der Waals surface area contributed by atoms with E-state index in [1.54, 1.807) is 0 Å². The zero-order valence-electron chi connectivity index (χ0n) is 8.68. The van der Waals surface area contributed by atoms with Crippen LogP contribution < -0.4 is 5.32 Å². The lowest BCUT2D eigenvalue weighted by atomic mass is 10.1. The van der Waals surface area contributed by atoms with Gasteiger partial charge >= 0.3 is 0 Å². The molecule has 0 saturated heterocycles. The lowest BCUT2D eigenvalue weighted by molar-refractivity contribution is -0.116. The van der Waals surface area contributed by atoms with E-state index in [0.717, 1.165) is 13.7 Å². The van der Waals surface area contributed by atoms with Crippen LogP contribution in [0.3, 0.4) is 0 Å². The molecule has 0 spiro atoms. The van der Waals surface area contributed by atoms with Crippen LogP contribution >= 0.6 is 38.5 Å². The summed E-state index contributed by atoms with van der Waals surface area (Å²) in [4.78, 5) is 11.6. The molecule has 4 heteroatoms. The van der Waals surface area contributed by atoms with Crippen LogP contribution in [0, 0.1) is 9.49 Å². The van der Waals surface area contributed by atoms with Crippen molar-refractivity contribution in [2.24, 2.45) is 5.92 Å². The topological polar surface area (TPSA) is 29.1 Å². The van der Waals surface area contributed by atoms with E-state index in [0.29, 0.717) is 12.3 Å². The maximum Gasteiger partial charge on any atom is 0.224 e. The molecule has 0 aliphatic rings. The van der Waals surface area contributed by atoms with Gasteiger partial charge in [0.2, 0.25) is 5.91 Å². The zero-order valence-corrected chi connectivity index (χ0v) is 12.4. The standard InChI is InChI=1S/C11H13BrINO/c1-7(2)5-11(15)14-10-6-8(12)3-4-9(10)13/h3-4,6-7H,5H2,1-2H3,(H,14,15). The molecule has 0 heterocycles. The quantitative estimate of drug-likeness (QED) is 0.786. The van der Waals surface area contributed by atoms with Crippen LogP contribution in [0.2, 0.25) is 0 Å². The molecule has 0 unspecified atom stereocenters. The van der Waals surface area contributed by atoms with Crippen LogP contribution in [0.4, 0.5) is 5.69 Å². The molecule has 82 valence electrons. The Bertz CT molecular complexity index is 366. The molecule has 0 bridgehead atoms. The molecule has 15 heavy (non-hydrogen) atoms. The SMILES string of the molecule is CC(C)CC(=O)Nc1cc(Br)ccc1I. The highest BCUT2D eigenvalue weighted by Gasteiger charge is 2.07. The van der Waals surface area contributed by atoms with E-state index in [9.17, 15) is 4.79 Å². The molecule has 1 aromatic carbocycles. The highest BCUT2D eigenvalue weighted by molar-refractivity contribution is 14.1. The maximum absolute atomic E-state index is 11.6. The number of benzene rings is 1. The van der Waals surface area contributed by atoms with Gasteiger partial charge in [-0.15, -0.1) is 0 Å². The van der Waals surface area contributed by atoms with E-state index in [4.69, 9.17) is 0 Å². The highest BCUT2D eigenvalue weighted by Crippen LogP contribution is 2.23. The van der Waals surface area contributed by atoms with Crippen molar-refractivity contribution in [3.05, 3.63) is 26.2 Å². The number of carbonyl (C=O) groups is 1. The largest absolute Gasteiger partial charge is 0.325 e. The number of hydrogen-bond donors (Lipinski definition) is 1. The van der Waals surface area contributed by atoms with E-state index in [-0.39, 0.29) is 5.91 Å². The summed E-state index contributed by atoms with van der Waals surface area (Å²) in [7, 11) is 0. The summed E-state index contributed by atoms with van der Waals surface area (Å²) in [6.07, 6.45) is 0.558. The first-order valence-electron chi connectivity index (χ1n) is 4.74. The molecule has 0 saturated carbocycles. The molecular weight excluding hydrogens is 369 g/mol. The molecule has 2 nitrogen and oxygen atoms in total. The average molecular weight is 382 g/mol. The normalized spacial score (nSPS) is 10.5.